The molecule has 0 amide bonds. The second-order valence-electron chi connectivity index (χ2n) is 5.16. The summed E-state index contributed by atoms with van der Waals surface area (Å²) in [6.45, 7) is 3.89. The maximum Gasteiger partial charge on any atom is 0.121 e. The quantitative estimate of drug-likeness (QED) is 0.838. The highest BCUT2D eigenvalue weighted by atomic mass is 16.3. The normalized spacial score (nSPS) is 23.6. The molecule has 0 spiro atoms. The molecule has 0 heterocycles. The van der Waals surface area contributed by atoms with Gasteiger partial charge < -0.3 is 5.11 Å². The van der Waals surface area contributed by atoms with Crippen molar-refractivity contribution in [2.75, 3.05) is 0 Å². The molecule has 1 aromatic rings. The zero-order chi connectivity index (χ0) is 12.4. The Labute approximate surface area is 103 Å². The van der Waals surface area contributed by atoms with Gasteiger partial charge in [0, 0.05) is 6.42 Å². The van der Waals surface area contributed by atoms with Gasteiger partial charge in [0.2, 0.25) is 0 Å². The molecule has 1 aromatic carbocycles. The van der Waals surface area contributed by atoms with Crippen molar-refractivity contribution in [3.63, 3.8) is 0 Å². The lowest BCUT2D eigenvalue weighted by molar-refractivity contribution is 0.463. The molecular formula is C15H19NO. The summed E-state index contributed by atoms with van der Waals surface area (Å²) < 4.78 is 0. The van der Waals surface area contributed by atoms with E-state index < -0.39 is 0 Å². The molecule has 1 aliphatic rings. The van der Waals surface area contributed by atoms with E-state index in [2.05, 4.69) is 18.2 Å². The monoisotopic (exact) mass is 229 g/mol. The predicted octanol–water partition coefficient (Wildman–Crippen LogP) is 3.81. The van der Waals surface area contributed by atoms with Crippen molar-refractivity contribution in [1.29, 1.82) is 5.26 Å². The van der Waals surface area contributed by atoms with Crippen LogP contribution >= 0.6 is 0 Å². The average molecular weight is 229 g/mol. The van der Waals surface area contributed by atoms with Gasteiger partial charge in [0.05, 0.1) is 6.07 Å². The van der Waals surface area contributed by atoms with Crippen LogP contribution in [-0.4, -0.2) is 5.11 Å². The van der Waals surface area contributed by atoms with Crippen LogP contribution in [0.2, 0.25) is 0 Å². The fourth-order valence-corrected chi connectivity index (χ4v) is 3.04. The Morgan fingerprint density at radius 3 is 2.53 bits per heavy atom. The van der Waals surface area contributed by atoms with E-state index in [1.165, 1.54) is 18.4 Å². The molecule has 0 saturated heterocycles. The first-order valence-electron chi connectivity index (χ1n) is 6.30. The van der Waals surface area contributed by atoms with E-state index in [4.69, 9.17) is 5.26 Å². The third kappa shape index (κ3) is 2.29. The van der Waals surface area contributed by atoms with Gasteiger partial charge in [0.25, 0.3) is 0 Å². The summed E-state index contributed by atoms with van der Waals surface area (Å²) in [5.41, 5.74) is 3.20. The third-order valence-corrected chi connectivity index (χ3v) is 3.95. The molecule has 1 saturated carbocycles. The lowest BCUT2D eigenvalue weighted by Gasteiger charge is -2.19. The number of aromatic hydroxyl groups is 1. The van der Waals surface area contributed by atoms with Crippen molar-refractivity contribution in [1.82, 2.24) is 0 Å². The first-order valence-corrected chi connectivity index (χ1v) is 6.30. The summed E-state index contributed by atoms with van der Waals surface area (Å²) in [6, 6.07) is 6.47. The van der Waals surface area contributed by atoms with Gasteiger partial charge in [-0.25, -0.2) is 0 Å². The Hall–Kier alpha value is -1.49. The second-order valence-corrected chi connectivity index (χ2v) is 5.16. The topological polar surface area (TPSA) is 44.0 Å². The van der Waals surface area contributed by atoms with Crippen LogP contribution in [0.4, 0.5) is 0 Å². The number of nitrogens with zero attached hydrogens (tertiary/aromatic N) is 1. The molecule has 0 radical (unpaired) electrons. The van der Waals surface area contributed by atoms with Crippen molar-refractivity contribution in [3.8, 4) is 11.8 Å². The molecule has 17 heavy (non-hydrogen) atoms. The van der Waals surface area contributed by atoms with Gasteiger partial charge in [0.1, 0.15) is 5.75 Å². The molecule has 1 N–H and O–H groups in total. The smallest absolute Gasteiger partial charge is 0.121 e. The number of hydrogen-bond acceptors (Lipinski definition) is 2. The number of aryl methyl sites for hydroxylation is 2. The number of rotatable bonds is 2. The van der Waals surface area contributed by atoms with Gasteiger partial charge in [-0.3, -0.25) is 0 Å². The van der Waals surface area contributed by atoms with Gasteiger partial charge in [0.15, 0.2) is 0 Å². The summed E-state index contributed by atoms with van der Waals surface area (Å²) in [6.07, 6.45) is 4.22. The zero-order valence-corrected chi connectivity index (χ0v) is 10.5. The second kappa shape index (κ2) is 4.79. The van der Waals surface area contributed by atoms with Crippen LogP contribution in [0.3, 0.4) is 0 Å². The van der Waals surface area contributed by atoms with Gasteiger partial charge in [-0.2, -0.15) is 5.26 Å². The predicted molar refractivity (Wildman–Crippen MR) is 67.9 cm³/mol. The third-order valence-electron chi connectivity index (χ3n) is 3.95. The fourth-order valence-electron chi connectivity index (χ4n) is 3.04. The maximum atomic E-state index is 9.79. The first kappa shape index (κ1) is 12.0. The van der Waals surface area contributed by atoms with Crippen LogP contribution in [0.1, 0.15) is 48.3 Å². The Morgan fingerprint density at radius 1 is 1.29 bits per heavy atom. The number of hydrogen-bond donors (Lipinski definition) is 1. The lowest BCUT2D eigenvalue weighted by Crippen LogP contribution is -2.06. The minimum atomic E-state index is 0.406. The summed E-state index contributed by atoms with van der Waals surface area (Å²) in [5.74, 6) is 1.42. The minimum absolute atomic E-state index is 0.406. The molecule has 2 rings (SSSR count). The highest BCUT2D eigenvalue weighted by Crippen LogP contribution is 2.42. The molecule has 0 unspecified atom stereocenters. The van der Waals surface area contributed by atoms with Crippen molar-refractivity contribution in [3.05, 3.63) is 28.8 Å². The molecule has 0 bridgehead atoms. The zero-order valence-electron chi connectivity index (χ0n) is 10.5. The van der Waals surface area contributed by atoms with Crippen molar-refractivity contribution >= 4 is 0 Å². The van der Waals surface area contributed by atoms with Crippen molar-refractivity contribution in [2.45, 2.75) is 45.4 Å². The Balaban J connectivity index is 2.31. The molecule has 1 fully saturated rings. The molecule has 2 heteroatoms. The van der Waals surface area contributed by atoms with Crippen LogP contribution in [-0.2, 0) is 0 Å². The van der Waals surface area contributed by atoms with E-state index in [0.717, 1.165) is 17.5 Å². The van der Waals surface area contributed by atoms with E-state index >= 15 is 0 Å². The molecular weight excluding hydrogens is 210 g/mol. The van der Waals surface area contributed by atoms with Crippen molar-refractivity contribution < 1.29 is 5.11 Å². The minimum Gasteiger partial charge on any atom is -0.507 e. The number of benzene rings is 1. The Morgan fingerprint density at radius 2 is 1.94 bits per heavy atom. The molecule has 0 aliphatic heterocycles. The van der Waals surface area contributed by atoms with Crippen LogP contribution in [0.5, 0.6) is 5.75 Å². The molecule has 2 nitrogen and oxygen atoms in total. The van der Waals surface area contributed by atoms with E-state index in [-0.39, 0.29) is 0 Å². The molecule has 0 aromatic heterocycles. The lowest BCUT2D eigenvalue weighted by atomic mass is 9.85. The number of phenolic OH excluding ortho intramolecular Hbond substituents is 1. The highest BCUT2D eigenvalue weighted by Gasteiger charge is 2.28. The van der Waals surface area contributed by atoms with E-state index in [9.17, 15) is 5.11 Å². The summed E-state index contributed by atoms with van der Waals surface area (Å²) >= 11 is 0. The maximum absolute atomic E-state index is 9.79. The van der Waals surface area contributed by atoms with Crippen molar-refractivity contribution in [2.24, 2.45) is 5.92 Å². The van der Waals surface area contributed by atoms with Gasteiger partial charge in [-0.1, -0.05) is 18.6 Å². The van der Waals surface area contributed by atoms with Gasteiger partial charge >= 0.3 is 0 Å². The fraction of sp³-hybridized carbons (Fsp3) is 0.533. The Bertz CT molecular complexity index is 435. The Kier molecular flexibility index (Phi) is 3.38. The van der Waals surface area contributed by atoms with Gasteiger partial charge in [-0.05, 0) is 55.2 Å². The molecule has 1 aliphatic carbocycles. The van der Waals surface area contributed by atoms with Crippen LogP contribution in [0.25, 0.3) is 0 Å². The van der Waals surface area contributed by atoms with E-state index in [1.54, 1.807) is 0 Å². The number of phenols is 1. The van der Waals surface area contributed by atoms with E-state index in [0.29, 0.717) is 24.0 Å². The molecule has 90 valence electrons. The standard InChI is InChI=1S/C15H19NO/c1-10-8-13(9-11(2)15(10)17)14-5-3-4-12(14)6-7-16/h8-9,12,14,17H,3-6H2,1-2H3/t12-,14-/m0/s1. The SMILES string of the molecule is Cc1cc([C@H]2CCC[C@H]2CC#N)cc(C)c1O. The molecule has 2 atom stereocenters. The van der Waals surface area contributed by atoms with Crippen LogP contribution in [0, 0.1) is 31.1 Å². The highest BCUT2D eigenvalue weighted by molar-refractivity contribution is 5.43. The summed E-state index contributed by atoms with van der Waals surface area (Å²) in [4.78, 5) is 0. The average Bonchev–Trinajstić information content (AvgIpc) is 2.74. The van der Waals surface area contributed by atoms with Crippen LogP contribution in [0.15, 0.2) is 12.1 Å². The summed E-state index contributed by atoms with van der Waals surface area (Å²) in [5, 5.41) is 18.6. The van der Waals surface area contributed by atoms with Crippen LogP contribution < -0.4 is 0 Å². The first-order chi connectivity index (χ1) is 8.13. The number of nitriles is 1. The summed E-state index contributed by atoms with van der Waals surface area (Å²) in [7, 11) is 0. The van der Waals surface area contributed by atoms with Gasteiger partial charge in [-0.15, -0.1) is 0 Å². The van der Waals surface area contributed by atoms with E-state index in [1.807, 2.05) is 13.8 Å². The largest absolute Gasteiger partial charge is 0.507 e.